The second-order valence-electron chi connectivity index (χ2n) is 4.84. The first-order chi connectivity index (χ1) is 9.81. The van der Waals surface area contributed by atoms with E-state index in [1.54, 1.807) is 0 Å². The Labute approximate surface area is 131 Å². The molecular formula is C15H12Cl2FNO2. The van der Waals surface area contributed by atoms with Gasteiger partial charge < -0.3 is 5.11 Å². The van der Waals surface area contributed by atoms with E-state index >= 15 is 0 Å². The summed E-state index contributed by atoms with van der Waals surface area (Å²) in [5.74, 6) is -1.75. The van der Waals surface area contributed by atoms with Crippen molar-refractivity contribution in [1.82, 2.24) is 4.98 Å². The molecule has 6 heteroatoms. The monoisotopic (exact) mass is 327 g/mol. The highest BCUT2D eigenvalue weighted by Gasteiger charge is 2.17. The minimum atomic E-state index is -1.05. The quantitative estimate of drug-likeness (QED) is 0.805. The van der Waals surface area contributed by atoms with Gasteiger partial charge in [0.25, 0.3) is 0 Å². The number of carbonyl (C=O) groups is 1. The lowest BCUT2D eigenvalue weighted by molar-refractivity contribution is 0.0694. The molecule has 0 fully saturated rings. The van der Waals surface area contributed by atoms with E-state index in [9.17, 15) is 9.18 Å². The summed E-state index contributed by atoms with van der Waals surface area (Å²) in [6.07, 6.45) is 0. The summed E-state index contributed by atoms with van der Waals surface area (Å²) < 4.78 is 13.6. The van der Waals surface area contributed by atoms with Crippen molar-refractivity contribution in [3.8, 4) is 11.3 Å². The Balaban J connectivity index is 2.63. The molecule has 110 valence electrons. The number of nitrogens with zero attached hydrogens (tertiary/aromatic N) is 1. The van der Waals surface area contributed by atoms with Crippen molar-refractivity contribution in [3.05, 3.63) is 51.4 Å². The van der Waals surface area contributed by atoms with E-state index in [4.69, 9.17) is 28.3 Å². The molecule has 0 aliphatic carbocycles. The fourth-order valence-electron chi connectivity index (χ4n) is 1.96. The number of aromatic nitrogens is 1. The van der Waals surface area contributed by atoms with Crippen molar-refractivity contribution in [2.24, 2.45) is 0 Å². The number of hydrogen-bond donors (Lipinski definition) is 1. The molecule has 1 aromatic carbocycles. The lowest BCUT2D eigenvalue weighted by atomic mass is 10.0. The fraction of sp³-hybridized carbons (Fsp3) is 0.200. The molecule has 0 aliphatic heterocycles. The fourth-order valence-corrected chi connectivity index (χ4v) is 2.44. The highest BCUT2D eigenvalue weighted by Crippen LogP contribution is 2.32. The summed E-state index contributed by atoms with van der Waals surface area (Å²) >= 11 is 11.7. The van der Waals surface area contributed by atoms with E-state index in [2.05, 4.69) is 4.98 Å². The van der Waals surface area contributed by atoms with Crippen LogP contribution < -0.4 is 0 Å². The lowest BCUT2D eigenvalue weighted by Gasteiger charge is -2.12. The molecule has 1 N–H and O–H groups in total. The van der Waals surface area contributed by atoms with Crippen LogP contribution in [0.4, 0.5) is 4.39 Å². The summed E-state index contributed by atoms with van der Waals surface area (Å²) in [5, 5.41) is 9.35. The Morgan fingerprint density at radius 3 is 2.48 bits per heavy atom. The van der Waals surface area contributed by atoms with Crippen LogP contribution in [0.3, 0.4) is 0 Å². The molecule has 0 bridgehead atoms. The molecule has 1 heterocycles. The highest BCUT2D eigenvalue weighted by atomic mass is 35.5. The molecule has 3 nitrogen and oxygen atoms in total. The van der Waals surface area contributed by atoms with Crippen LogP contribution in [0.1, 0.15) is 35.8 Å². The van der Waals surface area contributed by atoms with Gasteiger partial charge in [0.05, 0.1) is 27.0 Å². The average molecular weight is 328 g/mol. The van der Waals surface area contributed by atoms with Gasteiger partial charge in [0.1, 0.15) is 5.82 Å². The van der Waals surface area contributed by atoms with Crippen molar-refractivity contribution < 1.29 is 14.3 Å². The molecule has 1 aromatic heterocycles. The zero-order chi connectivity index (χ0) is 15.7. The zero-order valence-electron chi connectivity index (χ0n) is 11.3. The smallest absolute Gasteiger partial charge is 0.337 e. The van der Waals surface area contributed by atoms with Crippen LogP contribution in [0.2, 0.25) is 10.0 Å². The van der Waals surface area contributed by atoms with Gasteiger partial charge in [-0.25, -0.2) is 9.18 Å². The first-order valence-electron chi connectivity index (χ1n) is 6.20. The minimum absolute atomic E-state index is 0.0741. The maximum atomic E-state index is 13.6. The Bertz CT molecular complexity index is 717. The Morgan fingerprint density at radius 2 is 1.90 bits per heavy atom. The molecule has 0 spiro atoms. The van der Waals surface area contributed by atoms with E-state index in [0.29, 0.717) is 17.0 Å². The Morgan fingerprint density at radius 1 is 1.24 bits per heavy atom. The second-order valence-corrected chi connectivity index (χ2v) is 5.65. The summed E-state index contributed by atoms with van der Waals surface area (Å²) in [5.41, 5.74) is 1.33. The molecule has 21 heavy (non-hydrogen) atoms. The molecule has 0 amide bonds. The van der Waals surface area contributed by atoms with Gasteiger partial charge in [-0.2, -0.15) is 0 Å². The molecule has 0 unspecified atom stereocenters. The normalized spacial score (nSPS) is 11.0. The third-order valence-electron chi connectivity index (χ3n) is 2.99. The van der Waals surface area contributed by atoms with Gasteiger partial charge in [0.2, 0.25) is 0 Å². The molecular weight excluding hydrogens is 316 g/mol. The second kappa shape index (κ2) is 6.00. The maximum Gasteiger partial charge on any atom is 0.337 e. The van der Waals surface area contributed by atoms with Crippen LogP contribution in [-0.2, 0) is 0 Å². The number of halogens is 3. The number of rotatable bonds is 3. The predicted molar refractivity (Wildman–Crippen MR) is 80.7 cm³/mol. The average Bonchev–Trinajstić information content (AvgIpc) is 2.42. The summed E-state index contributed by atoms with van der Waals surface area (Å²) in [4.78, 5) is 15.5. The van der Waals surface area contributed by atoms with E-state index in [1.165, 1.54) is 24.3 Å². The van der Waals surface area contributed by atoms with Crippen LogP contribution in [0, 0.1) is 5.82 Å². The SMILES string of the molecule is CC(C)c1nc(-c2cc(F)c(Cl)cc2Cl)ccc1C(=O)O. The maximum absolute atomic E-state index is 13.6. The van der Waals surface area contributed by atoms with Crippen molar-refractivity contribution in [1.29, 1.82) is 0 Å². The number of pyridine rings is 1. The molecule has 0 saturated carbocycles. The predicted octanol–water partition coefficient (Wildman–Crippen LogP) is 5.02. The molecule has 0 atom stereocenters. The first-order valence-corrected chi connectivity index (χ1v) is 6.96. The number of carboxylic acid groups (broad SMARTS) is 1. The molecule has 0 aliphatic rings. The minimum Gasteiger partial charge on any atom is -0.478 e. The number of carboxylic acids is 1. The van der Waals surface area contributed by atoms with Crippen molar-refractivity contribution in [2.45, 2.75) is 19.8 Å². The largest absolute Gasteiger partial charge is 0.478 e. The Hall–Kier alpha value is -1.65. The lowest BCUT2D eigenvalue weighted by Crippen LogP contribution is -2.07. The van der Waals surface area contributed by atoms with Gasteiger partial charge in [-0.3, -0.25) is 4.98 Å². The van der Waals surface area contributed by atoms with Crippen LogP contribution in [-0.4, -0.2) is 16.1 Å². The van der Waals surface area contributed by atoms with Crippen LogP contribution in [0.25, 0.3) is 11.3 Å². The van der Waals surface area contributed by atoms with Crippen LogP contribution in [0.5, 0.6) is 0 Å². The number of hydrogen-bond acceptors (Lipinski definition) is 2. The van der Waals surface area contributed by atoms with E-state index < -0.39 is 11.8 Å². The topological polar surface area (TPSA) is 50.2 Å². The molecule has 0 saturated heterocycles. The van der Waals surface area contributed by atoms with Gasteiger partial charge in [0, 0.05) is 5.56 Å². The molecule has 2 aromatic rings. The third kappa shape index (κ3) is 3.17. The zero-order valence-corrected chi connectivity index (χ0v) is 12.8. The third-order valence-corrected chi connectivity index (χ3v) is 3.59. The van der Waals surface area contributed by atoms with E-state index in [-0.39, 0.29) is 21.5 Å². The van der Waals surface area contributed by atoms with Crippen LogP contribution in [0.15, 0.2) is 24.3 Å². The van der Waals surface area contributed by atoms with E-state index in [1.807, 2.05) is 13.8 Å². The summed E-state index contributed by atoms with van der Waals surface area (Å²) in [6.45, 7) is 3.67. The van der Waals surface area contributed by atoms with Gasteiger partial charge in [-0.15, -0.1) is 0 Å². The highest BCUT2D eigenvalue weighted by molar-refractivity contribution is 6.36. The summed E-state index contributed by atoms with van der Waals surface area (Å²) in [6, 6.07) is 5.44. The van der Waals surface area contributed by atoms with Crippen molar-refractivity contribution >= 4 is 29.2 Å². The van der Waals surface area contributed by atoms with Gasteiger partial charge >= 0.3 is 5.97 Å². The van der Waals surface area contributed by atoms with Gasteiger partial charge in [0.15, 0.2) is 0 Å². The van der Waals surface area contributed by atoms with Gasteiger partial charge in [-0.05, 0) is 30.2 Å². The van der Waals surface area contributed by atoms with Crippen LogP contribution >= 0.6 is 23.2 Å². The summed E-state index contributed by atoms with van der Waals surface area (Å²) in [7, 11) is 0. The van der Waals surface area contributed by atoms with Gasteiger partial charge in [-0.1, -0.05) is 37.0 Å². The van der Waals surface area contributed by atoms with E-state index in [0.717, 1.165) is 0 Å². The first kappa shape index (κ1) is 15.7. The van der Waals surface area contributed by atoms with Crippen molar-refractivity contribution in [2.75, 3.05) is 0 Å². The number of benzene rings is 1. The number of aromatic carboxylic acids is 1. The standard InChI is InChI=1S/C15H12Cl2FNO2/c1-7(2)14-8(15(20)21)3-4-13(19-14)9-5-12(18)11(17)6-10(9)16/h3-7H,1-2H3,(H,20,21). The molecule has 2 rings (SSSR count). The Kier molecular flexibility index (Phi) is 4.49. The molecule has 0 radical (unpaired) electrons. The van der Waals surface area contributed by atoms with Crippen molar-refractivity contribution in [3.63, 3.8) is 0 Å².